The van der Waals surface area contributed by atoms with Gasteiger partial charge in [-0.1, -0.05) is 18.2 Å². The summed E-state index contributed by atoms with van der Waals surface area (Å²) in [5.74, 6) is -0.0396. The number of anilines is 2. The van der Waals surface area contributed by atoms with Crippen molar-refractivity contribution in [1.29, 1.82) is 0 Å². The summed E-state index contributed by atoms with van der Waals surface area (Å²) in [7, 11) is 0. The lowest BCUT2D eigenvalue weighted by atomic mass is 10.3. The molecule has 2 N–H and O–H groups in total. The average Bonchev–Trinajstić information content (AvgIpc) is 2.81. The van der Waals surface area contributed by atoms with Crippen molar-refractivity contribution in [3.8, 4) is 0 Å². The number of thiophene rings is 1. The van der Waals surface area contributed by atoms with Crippen molar-refractivity contribution in [3.05, 3.63) is 47.2 Å². The molecule has 82 valence electrons. The van der Waals surface area contributed by atoms with E-state index in [-0.39, 0.29) is 12.5 Å². The minimum Gasteiger partial charge on any atom is -0.376 e. The van der Waals surface area contributed by atoms with Crippen molar-refractivity contribution < 1.29 is 4.79 Å². The second-order valence-corrected chi connectivity index (χ2v) is 4.06. The fourth-order valence-electron chi connectivity index (χ4n) is 1.28. The summed E-state index contributed by atoms with van der Waals surface area (Å²) < 4.78 is 0. The monoisotopic (exact) mass is 232 g/mol. The van der Waals surface area contributed by atoms with Crippen LogP contribution in [0.1, 0.15) is 0 Å². The predicted molar refractivity (Wildman–Crippen MR) is 67.9 cm³/mol. The molecule has 0 radical (unpaired) electrons. The van der Waals surface area contributed by atoms with E-state index in [0.29, 0.717) is 0 Å². The normalized spacial score (nSPS) is 9.75. The lowest BCUT2D eigenvalue weighted by Gasteiger charge is -2.05. The zero-order valence-electron chi connectivity index (χ0n) is 8.64. The first-order valence-corrected chi connectivity index (χ1v) is 5.90. The highest BCUT2D eigenvalue weighted by molar-refractivity contribution is 7.08. The Morgan fingerprint density at radius 1 is 1.12 bits per heavy atom. The van der Waals surface area contributed by atoms with Gasteiger partial charge in [-0.3, -0.25) is 4.79 Å². The summed E-state index contributed by atoms with van der Waals surface area (Å²) in [6, 6.07) is 11.5. The fourth-order valence-corrected chi connectivity index (χ4v) is 1.87. The zero-order valence-corrected chi connectivity index (χ0v) is 9.46. The molecule has 0 fully saturated rings. The van der Waals surface area contributed by atoms with Crippen LogP contribution in [0.25, 0.3) is 0 Å². The maximum atomic E-state index is 11.5. The molecule has 16 heavy (non-hydrogen) atoms. The molecule has 1 amide bonds. The molecule has 2 rings (SSSR count). The van der Waals surface area contributed by atoms with Crippen molar-refractivity contribution in [2.24, 2.45) is 0 Å². The summed E-state index contributed by atoms with van der Waals surface area (Å²) >= 11 is 1.56. The van der Waals surface area contributed by atoms with Crippen LogP contribution in [-0.4, -0.2) is 12.5 Å². The Bertz CT molecular complexity index is 439. The van der Waals surface area contributed by atoms with Crippen LogP contribution in [0.2, 0.25) is 0 Å². The number of nitrogens with one attached hydrogen (secondary N) is 2. The third-order valence-electron chi connectivity index (χ3n) is 2.03. The van der Waals surface area contributed by atoms with Gasteiger partial charge in [0.05, 0.1) is 12.2 Å². The summed E-state index contributed by atoms with van der Waals surface area (Å²) in [6.07, 6.45) is 0. The number of hydrogen-bond acceptors (Lipinski definition) is 3. The molecule has 0 aliphatic heterocycles. The van der Waals surface area contributed by atoms with Crippen molar-refractivity contribution in [3.63, 3.8) is 0 Å². The van der Waals surface area contributed by atoms with Gasteiger partial charge in [0.15, 0.2) is 0 Å². The van der Waals surface area contributed by atoms with Gasteiger partial charge < -0.3 is 10.6 Å². The van der Waals surface area contributed by atoms with Crippen LogP contribution < -0.4 is 10.6 Å². The Balaban J connectivity index is 1.80. The van der Waals surface area contributed by atoms with Gasteiger partial charge in [-0.2, -0.15) is 11.3 Å². The Morgan fingerprint density at radius 3 is 2.62 bits per heavy atom. The second kappa shape index (κ2) is 5.32. The van der Waals surface area contributed by atoms with E-state index in [0.717, 1.165) is 11.4 Å². The van der Waals surface area contributed by atoms with Gasteiger partial charge in [-0.05, 0) is 23.6 Å². The van der Waals surface area contributed by atoms with Gasteiger partial charge in [0.2, 0.25) is 5.91 Å². The topological polar surface area (TPSA) is 41.1 Å². The lowest BCUT2D eigenvalue weighted by molar-refractivity contribution is -0.114. The van der Waals surface area contributed by atoms with Crippen LogP contribution in [-0.2, 0) is 4.79 Å². The molecule has 1 aromatic carbocycles. The van der Waals surface area contributed by atoms with Gasteiger partial charge in [0.1, 0.15) is 0 Å². The average molecular weight is 232 g/mol. The molecule has 3 nitrogen and oxygen atoms in total. The summed E-state index contributed by atoms with van der Waals surface area (Å²) in [6.45, 7) is 0.278. The number of amides is 1. The minimum atomic E-state index is -0.0396. The summed E-state index contributed by atoms with van der Waals surface area (Å²) in [4.78, 5) is 11.5. The predicted octanol–water partition coefficient (Wildman–Crippen LogP) is 2.80. The molecular weight excluding hydrogens is 220 g/mol. The van der Waals surface area contributed by atoms with E-state index < -0.39 is 0 Å². The molecule has 0 bridgehead atoms. The first-order valence-electron chi connectivity index (χ1n) is 4.95. The number of para-hydroxylation sites is 1. The summed E-state index contributed by atoms with van der Waals surface area (Å²) in [5.41, 5.74) is 1.80. The van der Waals surface area contributed by atoms with Gasteiger partial charge in [-0.25, -0.2) is 0 Å². The van der Waals surface area contributed by atoms with Crippen LogP contribution in [0.3, 0.4) is 0 Å². The van der Waals surface area contributed by atoms with Gasteiger partial charge in [0, 0.05) is 11.1 Å². The van der Waals surface area contributed by atoms with Crippen LogP contribution in [0.5, 0.6) is 0 Å². The van der Waals surface area contributed by atoms with Crippen molar-refractivity contribution >= 4 is 28.6 Å². The molecule has 1 aromatic heterocycles. The molecule has 0 atom stereocenters. The van der Waals surface area contributed by atoms with E-state index in [4.69, 9.17) is 0 Å². The molecule has 0 aliphatic carbocycles. The first-order chi connectivity index (χ1) is 7.84. The van der Waals surface area contributed by atoms with Crippen molar-refractivity contribution in [2.45, 2.75) is 0 Å². The quantitative estimate of drug-likeness (QED) is 0.851. The van der Waals surface area contributed by atoms with E-state index in [2.05, 4.69) is 10.6 Å². The van der Waals surface area contributed by atoms with Crippen LogP contribution in [0, 0.1) is 0 Å². The third kappa shape index (κ3) is 3.10. The van der Waals surface area contributed by atoms with Crippen molar-refractivity contribution in [2.75, 3.05) is 17.2 Å². The maximum Gasteiger partial charge on any atom is 0.243 e. The van der Waals surface area contributed by atoms with Gasteiger partial charge in [-0.15, -0.1) is 0 Å². The van der Waals surface area contributed by atoms with Crippen LogP contribution in [0.4, 0.5) is 11.4 Å². The SMILES string of the molecule is O=C(CNc1ccccc1)Nc1ccsc1. The van der Waals surface area contributed by atoms with Gasteiger partial charge in [0.25, 0.3) is 0 Å². The number of benzene rings is 1. The van der Waals surface area contributed by atoms with E-state index in [1.54, 1.807) is 11.3 Å². The van der Waals surface area contributed by atoms with Crippen LogP contribution in [0.15, 0.2) is 47.2 Å². The molecule has 1 heterocycles. The van der Waals surface area contributed by atoms with E-state index >= 15 is 0 Å². The van der Waals surface area contributed by atoms with Gasteiger partial charge >= 0.3 is 0 Å². The smallest absolute Gasteiger partial charge is 0.243 e. The summed E-state index contributed by atoms with van der Waals surface area (Å²) in [5, 5.41) is 9.68. The van der Waals surface area contributed by atoms with E-state index in [1.807, 2.05) is 47.2 Å². The molecular formula is C12H12N2OS. The number of rotatable bonds is 4. The van der Waals surface area contributed by atoms with Crippen LogP contribution >= 0.6 is 11.3 Å². The second-order valence-electron chi connectivity index (χ2n) is 3.28. The number of hydrogen-bond donors (Lipinski definition) is 2. The highest BCUT2D eigenvalue weighted by Gasteiger charge is 2.01. The molecule has 0 spiro atoms. The third-order valence-corrected chi connectivity index (χ3v) is 2.72. The largest absolute Gasteiger partial charge is 0.376 e. The number of carbonyl (C=O) groups excluding carboxylic acids is 1. The van der Waals surface area contributed by atoms with E-state index in [1.165, 1.54) is 0 Å². The molecule has 0 unspecified atom stereocenters. The minimum absolute atomic E-state index is 0.0396. The molecule has 0 saturated carbocycles. The Hall–Kier alpha value is -1.81. The number of carbonyl (C=O) groups is 1. The molecule has 4 heteroatoms. The van der Waals surface area contributed by atoms with E-state index in [9.17, 15) is 4.79 Å². The lowest BCUT2D eigenvalue weighted by Crippen LogP contribution is -2.21. The first kappa shape index (κ1) is 10.7. The Kier molecular flexibility index (Phi) is 3.56. The molecule has 0 aliphatic rings. The molecule has 2 aromatic rings. The Morgan fingerprint density at radius 2 is 1.94 bits per heavy atom. The zero-order chi connectivity index (χ0) is 11.2. The standard InChI is InChI=1S/C12H12N2OS/c15-12(14-11-6-7-16-9-11)8-13-10-4-2-1-3-5-10/h1-7,9,13H,8H2,(H,14,15). The Labute approximate surface area is 98.1 Å². The fraction of sp³-hybridized carbons (Fsp3) is 0.0833. The van der Waals surface area contributed by atoms with Crippen molar-refractivity contribution in [1.82, 2.24) is 0 Å². The maximum absolute atomic E-state index is 11.5. The highest BCUT2D eigenvalue weighted by atomic mass is 32.1. The molecule has 0 saturated heterocycles. The highest BCUT2D eigenvalue weighted by Crippen LogP contribution is 2.11.